The fraction of sp³-hybridized carbons (Fsp3) is 0.833. The van der Waals surface area contributed by atoms with Gasteiger partial charge in [0.1, 0.15) is 5.78 Å². The molecule has 19 heavy (non-hydrogen) atoms. The van der Waals surface area contributed by atoms with Crippen LogP contribution >= 0.6 is 0 Å². The maximum Gasteiger partial charge on any atom is 0.133 e. The van der Waals surface area contributed by atoms with Gasteiger partial charge in [0, 0.05) is 12.8 Å². The van der Waals surface area contributed by atoms with Gasteiger partial charge < -0.3 is 0 Å². The smallest absolute Gasteiger partial charge is 0.133 e. The lowest BCUT2D eigenvalue weighted by Crippen LogP contribution is -2.28. The topological polar surface area (TPSA) is 17.1 Å². The summed E-state index contributed by atoms with van der Waals surface area (Å²) in [5.41, 5.74) is 2.71. The van der Waals surface area contributed by atoms with E-state index in [9.17, 15) is 4.79 Å². The molecule has 0 heterocycles. The Hall–Kier alpha value is -0.590. The minimum Gasteiger partial charge on any atom is -0.300 e. The zero-order valence-corrected chi connectivity index (χ0v) is 12.8. The first-order valence-electron chi connectivity index (χ1n) is 8.07. The summed E-state index contributed by atoms with van der Waals surface area (Å²) in [7, 11) is 0. The predicted octanol–water partition coefficient (Wildman–Crippen LogP) is 4.76. The van der Waals surface area contributed by atoms with Crippen LogP contribution in [0.5, 0.6) is 0 Å². The number of hydrogen-bond acceptors (Lipinski definition) is 1. The van der Waals surface area contributed by atoms with Crippen LogP contribution in [0.1, 0.15) is 65.7 Å². The number of allylic oxidation sites excluding steroid dienone is 1. The molecule has 4 unspecified atom stereocenters. The van der Waals surface area contributed by atoms with Gasteiger partial charge in [-0.3, -0.25) is 4.79 Å². The molecule has 0 aromatic heterocycles. The van der Waals surface area contributed by atoms with E-state index in [2.05, 4.69) is 27.4 Å². The largest absolute Gasteiger partial charge is 0.300 e. The van der Waals surface area contributed by atoms with E-state index in [-0.39, 0.29) is 0 Å². The second-order valence-corrected chi connectivity index (χ2v) is 8.14. The summed E-state index contributed by atoms with van der Waals surface area (Å²) in [6.45, 7) is 12.0. The number of ketones is 1. The minimum absolute atomic E-state index is 0.417. The number of carbonyl (C=O) groups excluding carboxylic acids is 1. The molecule has 4 aliphatic rings. The molecule has 4 atom stereocenters. The highest BCUT2D eigenvalue weighted by Crippen LogP contribution is 2.70. The van der Waals surface area contributed by atoms with Crippen molar-refractivity contribution in [1.29, 1.82) is 0 Å². The summed E-state index contributed by atoms with van der Waals surface area (Å²) in [4.78, 5) is 9.56. The van der Waals surface area contributed by atoms with E-state index < -0.39 is 0 Å². The quantitative estimate of drug-likeness (QED) is 0.574. The van der Waals surface area contributed by atoms with Gasteiger partial charge in [0.05, 0.1) is 0 Å². The van der Waals surface area contributed by atoms with Crippen molar-refractivity contribution in [2.24, 2.45) is 28.6 Å². The van der Waals surface area contributed by atoms with Crippen LogP contribution in [0.15, 0.2) is 12.2 Å². The zero-order chi connectivity index (χ0) is 13.8. The summed E-state index contributed by atoms with van der Waals surface area (Å²) in [6, 6.07) is 0. The van der Waals surface area contributed by atoms with Crippen LogP contribution < -0.4 is 0 Å². The van der Waals surface area contributed by atoms with E-state index in [0.717, 1.165) is 30.6 Å². The first-order chi connectivity index (χ1) is 8.86. The molecule has 0 amide bonds. The average Bonchev–Trinajstić information content (AvgIpc) is 2.94. The third-order valence-electron chi connectivity index (χ3n) is 6.53. The van der Waals surface area contributed by atoms with Crippen molar-refractivity contribution in [3.05, 3.63) is 12.2 Å². The molecule has 0 spiro atoms. The minimum atomic E-state index is 0.417. The molecule has 4 bridgehead atoms. The normalized spacial score (nSPS) is 45.5. The van der Waals surface area contributed by atoms with Crippen molar-refractivity contribution < 1.29 is 4.79 Å². The summed E-state index contributed by atoms with van der Waals surface area (Å²) in [5.74, 6) is 3.21. The molecular formula is C18H28O. The fourth-order valence-corrected chi connectivity index (χ4v) is 5.33. The highest BCUT2D eigenvalue weighted by molar-refractivity contribution is 5.92. The Kier molecular flexibility index (Phi) is 2.96. The van der Waals surface area contributed by atoms with Gasteiger partial charge in [0.15, 0.2) is 0 Å². The summed E-state index contributed by atoms with van der Waals surface area (Å²) in [5, 5.41) is 0. The number of Topliss-reactive ketones (excluding diaryl/α,β-unsaturated/α-hetero) is 1. The molecule has 1 nitrogen and oxygen atoms in total. The molecule has 0 aromatic rings. The second kappa shape index (κ2) is 4.20. The third kappa shape index (κ3) is 2.00. The summed E-state index contributed by atoms with van der Waals surface area (Å²) >= 11 is 0. The van der Waals surface area contributed by atoms with E-state index >= 15 is 0 Å². The molecule has 0 aromatic carbocycles. The van der Waals surface area contributed by atoms with Crippen molar-refractivity contribution in [2.75, 3.05) is 0 Å². The molecule has 0 radical (unpaired) electrons. The van der Waals surface area contributed by atoms with Gasteiger partial charge in [-0.15, -0.1) is 0 Å². The molecule has 0 N–H and O–H groups in total. The molecule has 4 aliphatic carbocycles. The second-order valence-electron chi connectivity index (χ2n) is 8.14. The lowest BCUT2D eigenvalue weighted by atomic mass is 9.69. The molecule has 4 rings (SSSR count). The van der Waals surface area contributed by atoms with Crippen LogP contribution in [0, 0.1) is 28.6 Å². The Labute approximate surface area is 117 Å². The van der Waals surface area contributed by atoms with Crippen LogP contribution in [0.3, 0.4) is 0 Å². The monoisotopic (exact) mass is 260 g/mol. The molecule has 1 heteroatoms. The van der Waals surface area contributed by atoms with Gasteiger partial charge in [-0.2, -0.15) is 0 Å². The SMILES string of the molecule is C=C1C2CCC3C2C(C)(C)CCCC13C.O=C1CC1. The van der Waals surface area contributed by atoms with Gasteiger partial charge >= 0.3 is 0 Å². The highest BCUT2D eigenvalue weighted by Gasteiger charge is 2.61. The number of hydrogen-bond donors (Lipinski definition) is 0. The molecular weight excluding hydrogens is 232 g/mol. The van der Waals surface area contributed by atoms with Crippen molar-refractivity contribution in [2.45, 2.75) is 65.7 Å². The van der Waals surface area contributed by atoms with Crippen molar-refractivity contribution in [1.82, 2.24) is 0 Å². The zero-order valence-electron chi connectivity index (χ0n) is 12.8. The lowest BCUT2D eigenvalue weighted by Gasteiger charge is -2.35. The Balaban J connectivity index is 0.000000237. The predicted molar refractivity (Wildman–Crippen MR) is 78.8 cm³/mol. The highest BCUT2D eigenvalue weighted by atomic mass is 16.1. The Morgan fingerprint density at radius 2 is 1.74 bits per heavy atom. The van der Waals surface area contributed by atoms with Crippen molar-refractivity contribution in [3.8, 4) is 0 Å². The Morgan fingerprint density at radius 1 is 1.11 bits per heavy atom. The van der Waals surface area contributed by atoms with E-state index in [4.69, 9.17) is 0 Å². The van der Waals surface area contributed by atoms with Crippen LogP contribution in [0.2, 0.25) is 0 Å². The molecule has 4 fully saturated rings. The van der Waals surface area contributed by atoms with Gasteiger partial charge in [-0.1, -0.05) is 39.3 Å². The van der Waals surface area contributed by atoms with Crippen LogP contribution in [-0.2, 0) is 4.79 Å². The third-order valence-corrected chi connectivity index (χ3v) is 6.53. The maximum atomic E-state index is 9.56. The maximum absolute atomic E-state index is 9.56. The van der Waals surface area contributed by atoms with Gasteiger partial charge in [0.25, 0.3) is 0 Å². The van der Waals surface area contributed by atoms with Crippen LogP contribution in [0.25, 0.3) is 0 Å². The lowest BCUT2D eigenvalue weighted by molar-refractivity contribution is -0.109. The van der Waals surface area contributed by atoms with Gasteiger partial charge in [-0.25, -0.2) is 0 Å². The van der Waals surface area contributed by atoms with Crippen molar-refractivity contribution >= 4 is 5.78 Å². The van der Waals surface area contributed by atoms with E-state index in [1.54, 1.807) is 5.57 Å². The summed E-state index contributed by atoms with van der Waals surface area (Å²) in [6.07, 6.45) is 8.88. The average molecular weight is 260 g/mol. The van der Waals surface area contributed by atoms with Crippen LogP contribution in [-0.4, -0.2) is 5.78 Å². The summed E-state index contributed by atoms with van der Waals surface area (Å²) < 4.78 is 0. The van der Waals surface area contributed by atoms with E-state index in [1.807, 2.05) is 0 Å². The first kappa shape index (κ1) is 13.4. The van der Waals surface area contributed by atoms with Gasteiger partial charge in [0.2, 0.25) is 0 Å². The first-order valence-corrected chi connectivity index (χ1v) is 8.07. The molecule has 0 saturated heterocycles. The molecule has 106 valence electrons. The molecule has 4 saturated carbocycles. The number of carbonyl (C=O) groups is 1. The Bertz CT molecular complexity index is 413. The fourth-order valence-electron chi connectivity index (χ4n) is 5.33. The van der Waals surface area contributed by atoms with Gasteiger partial charge in [-0.05, 0) is 54.3 Å². The Morgan fingerprint density at radius 3 is 2.32 bits per heavy atom. The van der Waals surface area contributed by atoms with E-state index in [0.29, 0.717) is 16.6 Å². The molecule has 0 aliphatic heterocycles. The number of rotatable bonds is 0. The van der Waals surface area contributed by atoms with Crippen molar-refractivity contribution in [3.63, 3.8) is 0 Å². The van der Waals surface area contributed by atoms with E-state index in [1.165, 1.54) is 32.1 Å². The van der Waals surface area contributed by atoms with Crippen LogP contribution in [0.4, 0.5) is 0 Å². The standard InChI is InChI=1S/C15H24.C3H4O/c1-10-11-6-7-12-13(11)14(2,3)8-5-9-15(10,12)4;4-3-1-2-3/h11-13H,1,5-9H2,2-4H3;1-2H2.